The molecule has 0 atom stereocenters. The Hall–Kier alpha value is -1.62. The van der Waals surface area contributed by atoms with Crippen molar-refractivity contribution >= 4 is 5.91 Å². The van der Waals surface area contributed by atoms with Gasteiger partial charge in [-0.15, -0.1) is 0 Å². The molecule has 0 saturated carbocycles. The fraction of sp³-hybridized carbons (Fsp3) is 0.417. The van der Waals surface area contributed by atoms with Gasteiger partial charge in [-0.3, -0.25) is 4.79 Å². The molecule has 1 rings (SSSR count). The van der Waals surface area contributed by atoms with Gasteiger partial charge in [-0.25, -0.2) is 4.39 Å². The number of carbonyl (C=O) groups excluding carboxylic acids is 1. The topological polar surface area (TPSA) is 55.6 Å². The molecule has 0 spiro atoms. The van der Waals surface area contributed by atoms with Gasteiger partial charge in [0.05, 0.1) is 6.54 Å². The highest BCUT2D eigenvalue weighted by Gasteiger charge is 2.06. The molecule has 0 aromatic heterocycles. The van der Waals surface area contributed by atoms with Crippen molar-refractivity contribution in [3.05, 3.63) is 30.1 Å². The SMILES string of the molecule is CN(CCOc1cccc(F)c1)C(=O)CCN. The van der Waals surface area contributed by atoms with E-state index in [9.17, 15) is 9.18 Å². The van der Waals surface area contributed by atoms with Gasteiger partial charge in [0.2, 0.25) is 5.91 Å². The summed E-state index contributed by atoms with van der Waals surface area (Å²) in [6.45, 7) is 1.12. The summed E-state index contributed by atoms with van der Waals surface area (Å²) >= 11 is 0. The summed E-state index contributed by atoms with van der Waals surface area (Å²) in [6, 6.07) is 5.91. The van der Waals surface area contributed by atoms with Crippen LogP contribution in [0.4, 0.5) is 4.39 Å². The summed E-state index contributed by atoms with van der Waals surface area (Å²) in [4.78, 5) is 12.9. The van der Waals surface area contributed by atoms with Crippen LogP contribution in [-0.4, -0.2) is 37.6 Å². The molecule has 94 valence electrons. The summed E-state index contributed by atoms with van der Waals surface area (Å²) in [6.07, 6.45) is 0.330. The molecule has 0 saturated heterocycles. The predicted octanol–water partition coefficient (Wildman–Crippen LogP) is 1.01. The Kier molecular flexibility index (Phi) is 5.42. The predicted molar refractivity (Wildman–Crippen MR) is 63.2 cm³/mol. The zero-order valence-electron chi connectivity index (χ0n) is 9.86. The van der Waals surface area contributed by atoms with Gasteiger partial charge in [0.15, 0.2) is 0 Å². The number of nitrogens with two attached hydrogens (primary N) is 1. The molecule has 1 aromatic carbocycles. The van der Waals surface area contributed by atoms with E-state index in [0.717, 1.165) is 0 Å². The lowest BCUT2D eigenvalue weighted by atomic mass is 10.3. The maximum Gasteiger partial charge on any atom is 0.223 e. The van der Waals surface area contributed by atoms with Crippen LogP contribution in [0.3, 0.4) is 0 Å². The van der Waals surface area contributed by atoms with E-state index in [2.05, 4.69) is 0 Å². The number of hydrogen-bond donors (Lipinski definition) is 1. The van der Waals surface area contributed by atoms with E-state index in [0.29, 0.717) is 31.9 Å². The minimum atomic E-state index is -0.338. The Labute approximate surface area is 100 Å². The lowest BCUT2D eigenvalue weighted by Gasteiger charge is -2.17. The van der Waals surface area contributed by atoms with Crippen LogP contribution in [-0.2, 0) is 4.79 Å². The fourth-order valence-corrected chi connectivity index (χ4v) is 1.30. The molecule has 1 amide bonds. The van der Waals surface area contributed by atoms with E-state index in [-0.39, 0.29) is 11.7 Å². The first-order chi connectivity index (χ1) is 8.13. The second-order valence-electron chi connectivity index (χ2n) is 3.66. The molecule has 0 aliphatic carbocycles. The third-order valence-electron chi connectivity index (χ3n) is 2.28. The molecule has 4 nitrogen and oxygen atoms in total. The van der Waals surface area contributed by atoms with Crippen LogP contribution in [0.5, 0.6) is 5.75 Å². The van der Waals surface area contributed by atoms with Crippen molar-refractivity contribution < 1.29 is 13.9 Å². The van der Waals surface area contributed by atoms with Crippen molar-refractivity contribution in [1.29, 1.82) is 0 Å². The van der Waals surface area contributed by atoms with Crippen LogP contribution in [0.15, 0.2) is 24.3 Å². The van der Waals surface area contributed by atoms with Crippen LogP contribution in [0, 0.1) is 5.82 Å². The molecular formula is C12H17FN2O2. The molecule has 0 aliphatic rings. The van der Waals surface area contributed by atoms with Crippen LogP contribution in [0.1, 0.15) is 6.42 Å². The molecular weight excluding hydrogens is 223 g/mol. The van der Waals surface area contributed by atoms with E-state index in [4.69, 9.17) is 10.5 Å². The highest BCUT2D eigenvalue weighted by molar-refractivity contribution is 5.75. The molecule has 0 aliphatic heterocycles. The molecule has 2 N–H and O–H groups in total. The molecule has 1 aromatic rings. The largest absolute Gasteiger partial charge is 0.492 e. The summed E-state index contributed by atoms with van der Waals surface area (Å²) in [5.74, 6) is 0.107. The van der Waals surface area contributed by atoms with Crippen molar-refractivity contribution in [2.75, 3.05) is 26.7 Å². The monoisotopic (exact) mass is 240 g/mol. The summed E-state index contributed by atoms with van der Waals surface area (Å²) in [5.41, 5.74) is 5.28. The molecule has 0 bridgehead atoms. The third kappa shape index (κ3) is 4.82. The van der Waals surface area contributed by atoms with Crippen molar-refractivity contribution in [3.8, 4) is 5.75 Å². The Morgan fingerprint density at radius 2 is 2.29 bits per heavy atom. The second kappa shape index (κ2) is 6.85. The molecule has 5 heteroatoms. The normalized spacial score (nSPS) is 10.1. The summed E-state index contributed by atoms with van der Waals surface area (Å²) in [5, 5.41) is 0. The van der Waals surface area contributed by atoms with Crippen LogP contribution in [0.2, 0.25) is 0 Å². The minimum absolute atomic E-state index is 0.0182. The van der Waals surface area contributed by atoms with Gasteiger partial charge in [0.1, 0.15) is 18.2 Å². The van der Waals surface area contributed by atoms with Gasteiger partial charge in [-0.2, -0.15) is 0 Å². The number of amides is 1. The highest BCUT2D eigenvalue weighted by Crippen LogP contribution is 2.11. The zero-order valence-corrected chi connectivity index (χ0v) is 9.86. The van der Waals surface area contributed by atoms with Crippen LogP contribution < -0.4 is 10.5 Å². The number of ether oxygens (including phenoxy) is 1. The first-order valence-electron chi connectivity index (χ1n) is 5.46. The molecule has 17 heavy (non-hydrogen) atoms. The van der Waals surface area contributed by atoms with Gasteiger partial charge in [-0.1, -0.05) is 6.07 Å². The number of likely N-dealkylation sites (N-methyl/N-ethyl adjacent to an activating group) is 1. The van der Waals surface area contributed by atoms with E-state index in [1.807, 2.05) is 0 Å². The summed E-state index contributed by atoms with van der Waals surface area (Å²) < 4.78 is 18.1. The van der Waals surface area contributed by atoms with Gasteiger partial charge >= 0.3 is 0 Å². The maximum absolute atomic E-state index is 12.8. The van der Waals surface area contributed by atoms with Crippen molar-refractivity contribution in [3.63, 3.8) is 0 Å². The first-order valence-corrected chi connectivity index (χ1v) is 5.46. The van der Waals surface area contributed by atoms with Crippen LogP contribution >= 0.6 is 0 Å². The van der Waals surface area contributed by atoms with Gasteiger partial charge in [0.25, 0.3) is 0 Å². The third-order valence-corrected chi connectivity index (χ3v) is 2.28. The fourth-order valence-electron chi connectivity index (χ4n) is 1.30. The average molecular weight is 240 g/mol. The lowest BCUT2D eigenvalue weighted by Crippen LogP contribution is -2.32. The quantitative estimate of drug-likeness (QED) is 0.807. The second-order valence-corrected chi connectivity index (χ2v) is 3.66. The van der Waals surface area contributed by atoms with Gasteiger partial charge < -0.3 is 15.4 Å². The number of benzene rings is 1. The van der Waals surface area contributed by atoms with Crippen LogP contribution in [0.25, 0.3) is 0 Å². The lowest BCUT2D eigenvalue weighted by molar-refractivity contribution is -0.130. The van der Waals surface area contributed by atoms with E-state index in [1.165, 1.54) is 12.1 Å². The summed E-state index contributed by atoms with van der Waals surface area (Å²) in [7, 11) is 1.69. The Balaban J connectivity index is 2.30. The number of nitrogens with zero attached hydrogens (tertiary/aromatic N) is 1. The van der Waals surface area contributed by atoms with E-state index in [1.54, 1.807) is 24.1 Å². The number of hydrogen-bond acceptors (Lipinski definition) is 3. The highest BCUT2D eigenvalue weighted by atomic mass is 19.1. The van der Waals surface area contributed by atoms with Crippen molar-refractivity contribution in [1.82, 2.24) is 4.90 Å². The Morgan fingerprint density at radius 3 is 2.94 bits per heavy atom. The Bertz CT molecular complexity index is 371. The van der Waals surface area contributed by atoms with Gasteiger partial charge in [0, 0.05) is 26.1 Å². The standard InChI is InChI=1S/C12H17FN2O2/c1-15(12(16)5-6-14)7-8-17-11-4-2-3-10(13)9-11/h2-4,9H,5-8,14H2,1H3. The maximum atomic E-state index is 12.8. The Morgan fingerprint density at radius 1 is 1.53 bits per heavy atom. The molecule has 0 heterocycles. The number of rotatable bonds is 6. The molecule has 0 fully saturated rings. The first kappa shape index (κ1) is 13.4. The number of carbonyl (C=O) groups is 1. The van der Waals surface area contributed by atoms with Gasteiger partial charge in [-0.05, 0) is 12.1 Å². The van der Waals surface area contributed by atoms with E-state index >= 15 is 0 Å². The minimum Gasteiger partial charge on any atom is -0.492 e. The smallest absolute Gasteiger partial charge is 0.223 e. The van der Waals surface area contributed by atoms with Crippen molar-refractivity contribution in [2.45, 2.75) is 6.42 Å². The zero-order chi connectivity index (χ0) is 12.7. The van der Waals surface area contributed by atoms with Crippen molar-refractivity contribution in [2.24, 2.45) is 5.73 Å². The van der Waals surface area contributed by atoms with E-state index < -0.39 is 0 Å². The number of halogens is 1. The molecule has 0 unspecified atom stereocenters. The average Bonchev–Trinajstić information content (AvgIpc) is 2.29. The molecule has 0 radical (unpaired) electrons.